The molecule has 1 aromatic rings. The fourth-order valence-corrected chi connectivity index (χ4v) is 3.42. The molecule has 0 aliphatic heterocycles. The first-order valence-electron chi connectivity index (χ1n) is 7.07. The number of nitrogens with one attached hydrogen (secondary N) is 1. The molecule has 5 nitrogen and oxygen atoms in total. The van der Waals surface area contributed by atoms with Gasteiger partial charge in [-0.3, -0.25) is 0 Å². The van der Waals surface area contributed by atoms with Crippen LogP contribution in [0.5, 0.6) is 0 Å². The van der Waals surface area contributed by atoms with E-state index in [9.17, 15) is 12.8 Å². The number of hydrogen-bond donors (Lipinski definition) is 2. The lowest BCUT2D eigenvalue weighted by Crippen LogP contribution is -2.42. The average Bonchev–Trinajstić information content (AvgIpc) is 2.43. The van der Waals surface area contributed by atoms with Gasteiger partial charge in [0.1, 0.15) is 10.7 Å². The van der Waals surface area contributed by atoms with E-state index in [1.165, 1.54) is 12.1 Å². The van der Waals surface area contributed by atoms with Gasteiger partial charge in [-0.25, -0.2) is 17.5 Å². The SMILES string of the molecule is CCN(CC)CC(C)NS(=O)(=O)c1ccc(CN)cc1F. The monoisotopic (exact) mass is 317 g/mol. The van der Waals surface area contributed by atoms with Gasteiger partial charge in [0.05, 0.1) is 0 Å². The lowest BCUT2D eigenvalue weighted by atomic mass is 10.2. The summed E-state index contributed by atoms with van der Waals surface area (Å²) in [5.74, 6) is -0.777. The highest BCUT2D eigenvalue weighted by Gasteiger charge is 2.22. The lowest BCUT2D eigenvalue weighted by Gasteiger charge is -2.23. The Morgan fingerprint density at radius 3 is 2.43 bits per heavy atom. The number of sulfonamides is 1. The molecule has 0 aliphatic rings. The second kappa shape index (κ2) is 7.84. The van der Waals surface area contributed by atoms with Crippen molar-refractivity contribution in [3.05, 3.63) is 29.6 Å². The first-order chi connectivity index (χ1) is 9.83. The number of hydrogen-bond acceptors (Lipinski definition) is 4. The molecule has 1 aromatic carbocycles. The summed E-state index contributed by atoms with van der Waals surface area (Å²) in [4.78, 5) is 1.76. The van der Waals surface area contributed by atoms with Gasteiger partial charge in [0.15, 0.2) is 0 Å². The second-order valence-electron chi connectivity index (χ2n) is 4.98. The van der Waals surface area contributed by atoms with E-state index in [0.29, 0.717) is 12.1 Å². The minimum Gasteiger partial charge on any atom is -0.326 e. The van der Waals surface area contributed by atoms with Gasteiger partial charge in [-0.2, -0.15) is 0 Å². The maximum atomic E-state index is 13.9. The zero-order valence-electron chi connectivity index (χ0n) is 12.8. The molecule has 0 fully saturated rings. The molecule has 0 saturated heterocycles. The van der Waals surface area contributed by atoms with Gasteiger partial charge in [-0.05, 0) is 37.7 Å². The molecule has 0 spiro atoms. The molecular weight excluding hydrogens is 293 g/mol. The predicted molar refractivity (Wildman–Crippen MR) is 81.9 cm³/mol. The fraction of sp³-hybridized carbons (Fsp3) is 0.571. The first-order valence-corrected chi connectivity index (χ1v) is 8.55. The van der Waals surface area contributed by atoms with Gasteiger partial charge in [0, 0.05) is 19.1 Å². The molecule has 0 heterocycles. The van der Waals surface area contributed by atoms with Crippen molar-refractivity contribution in [1.82, 2.24) is 9.62 Å². The maximum absolute atomic E-state index is 13.9. The Morgan fingerprint density at radius 2 is 1.95 bits per heavy atom. The van der Waals surface area contributed by atoms with Crippen molar-refractivity contribution in [2.45, 2.75) is 38.3 Å². The average molecular weight is 317 g/mol. The summed E-state index contributed by atoms with van der Waals surface area (Å²) < 4.78 is 40.8. The third-order valence-electron chi connectivity index (χ3n) is 3.30. The molecule has 21 heavy (non-hydrogen) atoms. The summed E-state index contributed by atoms with van der Waals surface area (Å²) in [7, 11) is -3.87. The van der Waals surface area contributed by atoms with Crippen molar-refractivity contribution in [2.24, 2.45) is 5.73 Å². The van der Waals surface area contributed by atoms with Gasteiger partial charge >= 0.3 is 0 Å². The Balaban J connectivity index is 2.86. The van der Waals surface area contributed by atoms with Crippen LogP contribution in [0.2, 0.25) is 0 Å². The van der Waals surface area contributed by atoms with Crippen molar-refractivity contribution in [3.63, 3.8) is 0 Å². The molecule has 1 rings (SSSR count). The van der Waals surface area contributed by atoms with Crippen LogP contribution < -0.4 is 10.5 Å². The van der Waals surface area contributed by atoms with Crippen molar-refractivity contribution < 1.29 is 12.8 Å². The highest BCUT2D eigenvalue weighted by molar-refractivity contribution is 7.89. The van der Waals surface area contributed by atoms with Crippen LogP contribution in [-0.4, -0.2) is 39.0 Å². The second-order valence-corrected chi connectivity index (χ2v) is 6.66. The molecule has 120 valence electrons. The molecule has 0 aliphatic carbocycles. The molecule has 7 heteroatoms. The van der Waals surface area contributed by atoms with E-state index in [-0.39, 0.29) is 17.5 Å². The number of nitrogens with two attached hydrogens (primary N) is 1. The third kappa shape index (κ3) is 5.03. The lowest BCUT2D eigenvalue weighted by molar-refractivity contribution is 0.282. The van der Waals surface area contributed by atoms with E-state index in [4.69, 9.17) is 5.73 Å². The Bertz CT molecular complexity index is 559. The van der Waals surface area contributed by atoms with Crippen molar-refractivity contribution >= 4 is 10.0 Å². The third-order valence-corrected chi connectivity index (χ3v) is 4.93. The summed E-state index contributed by atoms with van der Waals surface area (Å²) >= 11 is 0. The Hall–Kier alpha value is -1.02. The van der Waals surface area contributed by atoms with Crippen LogP contribution in [0.15, 0.2) is 23.1 Å². The highest BCUT2D eigenvalue weighted by atomic mass is 32.2. The number of nitrogens with zero attached hydrogens (tertiary/aromatic N) is 1. The fourth-order valence-electron chi connectivity index (χ4n) is 2.12. The minimum atomic E-state index is -3.87. The van der Waals surface area contributed by atoms with E-state index in [1.54, 1.807) is 6.92 Å². The van der Waals surface area contributed by atoms with Crippen molar-refractivity contribution in [3.8, 4) is 0 Å². The van der Waals surface area contributed by atoms with Gasteiger partial charge < -0.3 is 10.6 Å². The van der Waals surface area contributed by atoms with Gasteiger partial charge in [-0.1, -0.05) is 19.9 Å². The Labute approximate surface area is 126 Å². The van der Waals surface area contributed by atoms with Crippen LogP contribution >= 0.6 is 0 Å². The van der Waals surface area contributed by atoms with E-state index >= 15 is 0 Å². The van der Waals surface area contributed by atoms with Crippen molar-refractivity contribution in [2.75, 3.05) is 19.6 Å². The highest BCUT2D eigenvalue weighted by Crippen LogP contribution is 2.16. The van der Waals surface area contributed by atoms with Crippen LogP contribution in [0.4, 0.5) is 4.39 Å². The van der Waals surface area contributed by atoms with Crippen LogP contribution in [0.1, 0.15) is 26.3 Å². The van der Waals surface area contributed by atoms with E-state index in [2.05, 4.69) is 9.62 Å². The molecule has 3 N–H and O–H groups in total. The standard InChI is InChI=1S/C14H24FN3O2S/c1-4-18(5-2)10-11(3)17-21(19,20)14-7-6-12(9-16)8-13(14)15/h6-8,11,17H,4-5,9-10,16H2,1-3H3. The summed E-state index contributed by atoms with van der Waals surface area (Å²) in [6.45, 7) is 8.20. The van der Waals surface area contributed by atoms with Crippen molar-refractivity contribution in [1.29, 1.82) is 0 Å². The number of rotatable bonds is 8. The van der Waals surface area contributed by atoms with Gasteiger partial charge in [0.25, 0.3) is 0 Å². The quantitative estimate of drug-likeness (QED) is 0.758. The Kier molecular flexibility index (Phi) is 6.73. The number of likely N-dealkylation sites (N-methyl/N-ethyl adjacent to an activating group) is 1. The topological polar surface area (TPSA) is 75.4 Å². The predicted octanol–water partition coefficient (Wildman–Crippen LogP) is 1.29. The van der Waals surface area contributed by atoms with Crippen LogP contribution in [0.3, 0.4) is 0 Å². The molecule has 0 saturated carbocycles. The largest absolute Gasteiger partial charge is 0.326 e. The minimum absolute atomic E-state index is 0.170. The van der Waals surface area contributed by atoms with E-state index < -0.39 is 15.8 Å². The number of benzene rings is 1. The van der Waals surface area contributed by atoms with E-state index in [0.717, 1.165) is 19.2 Å². The maximum Gasteiger partial charge on any atom is 0.243 e. The summed E-state index contributed by atoms with van der Waals surface area (Å²) in [6, 6.07) is 3.63. The molecule has 1 atom stereocenters. The zero-order chi connectivity index (χ0) is 16.0. The normalized spacial score (nSPS) is 13.6. The first kappa shape index (κ1) is 18.0. The molecular formula is C14H24FN3O2S. The van der Waals surface area contributed by atoms with E-state index in [1.807, 2.05) is 13.8 Å². The summed E-state index contributed by atoms with van der Waals surface area (Å²) in [5, 5.41) is 0. The molecule has 1 unspecified atom stereocenters. The Morgan fingerprint density at radius 1 is 1.33 bits per heavy atom. The van der Waals surface area contributed by atoms with Gasteiger partial charge in [0.2, 0.25) is 10.0 Å². The molecule has 0 aromatic heterocycles. The molecule has 0 bridgehead atoms. The molecule has 0 amide bonds. The van der Waals surface area contributed by atoms with Crippen LogP contribution in [0.25, 0.3) is 0 Å². The summed E-state index contributed by atoms with van der Waals surface area (Å²) in [5.41, 5.74) is 5.96. The number of halogens is 1. The van der Waals surface area contributed by atoms with Crippen LogP contribution in [-0.2, 0) is 16.6 Å². The summed E-state index contributed by atoms with van der Waals surface area (Å²) in [6.07, 6.45) is 0. The molecule has 0 radical (unpaired) electrons. The smallest absolute Gasteiger partial charge is 0.243 e. The van der Waals surface area contributed by atoms with Gasteiger partial charge in [-0.15, -0.1) is 0 Å². The van der Waals surface area contributed by atoms with Crippen LogP contribution in [0, 0.1) is 5.82 Å². The zero-order valence-corrected chi connectivity index (χ0v) is 13.6.